The molecule has 0 radical (unpaired) electrons. The van der Waals surface area contributed by atoms with Crippen LogP contribution in [0, 0.1) is 0 Å². The van der Waals surface area contributed by atoms with Gasteiger partial charge >= 0.3 is 0 Å². The number of aromatic nitrogens is 2. The normalized spacial score (nSPS) is 18.0. The Hall–Kier alpha value is -1.76. The predicted molar refractivity (Wildman–Crippen MR) is 92.5 cm³/mol. The molecule has 2 aromatic rings. The van der Waals surface area contributed by atoms with Gasteiger partial charge in [-0.15, -0.1) is 0 Å². The standard InChI is InChI=1S/C18H26N4O2/c1-3-15-4-6-16(7-5-15)18-19-17(24-20-18)13-22-10-8-21(9-11-22)12-14(2)23/h4-7,14,23H,3,8-13H2,1-2H3/t14-/m0/s1. The van der Waals surface area contributed by atoms with Crippen LogP contribution in [0.25, 0.3) is 11.4 Å². The molecule has 6 nitrogen and oxygen atoms in total. The van der Waals surface area contributed by atoms with E-state index in [-0.39, 0.29) is 6.10 Å². The third-order valence-corrected chi connectivity index (χ3v) is 4.43. The number of nitrogens with zero attached hydrogens (tertiary/aromatic N) is 4. The summed E-state index contributed by atoms with van der Waals surface area (Å²) in [4.78, 5) is 9.13. The third-order valence-electron chi connectivity index (χ3n) is 4.43. The van der Waals surface area contributed by atoms with Gasteiger partial charge in [0.25, 0.3) is 0 Å². The molecule has 1 atom stereocenters. The molecule has 1 N–H and O–H groups in total. The number of hydrogen-bond acceptors (Lipinski definition) is 6. The molecule has 2 heterocycles. The zero-order valence-electron chi connectivity index (χ0n) is 14.5. The Kier molecular flexibility index (Phi) is 5.60. The van der Waals surface area contributed by atoms with E-state index >= 15 is 0 Å². The second-order valence-corrected chi connectivity index (χ2v) is 6.49. The zero-order valence-corrected chi connectivity index (χ0v) is 14.5. The van der Waals surface area contributed by atoms with Gasteiger partial charge in [0.2, 0.25) is 11.7 Å². The monoisotopic (exact) mass is 330 g/mol. The summed E-state index contributed by atoms with van der Waals surface area (Å²) in [6.07, 6.45) is 0.757. The van der Waals surface area contributed by atoms with E-state index in [4.69, 9.17) is 4.52 Å². The minimum atomic E-state index is -0.269. The summed E-state index contributed by atoms with van der Waals surface area (Å²) in [5.74, 6) is 1.31. The van der Waals surface area contributed by atoms with E-state index in [9.17, 15) is 5.11 Å². The first-order valence-electron chi connectivity index (χ1n) is 8.68. The third kappa shape index (κ3) is 4.41. The van der Waals surface area contributed by atoms with Crippen molar-refractivity contribution in [3.8, 4) is 11.4 Å². The minimum Gasteiger partial charge on any atom is -0.392 e. The van der Waals surface area contributed by atoms with Gasteiger partial charge in [-0.3, -0.25) is 9.80 Å². The predicted octanol–water partition coefficient (Wildman–Crippen LogP) is 1.80. The van der Waals surface area contributed by atoms with Crippen LogP contribution in [-0.2, 0) is 13.0 Å². The van der Waals surface area contributed by atoms with E-state index in [0.29, 0.717) is 18.3 Å². The maximum absolute atomic E-state index is 9.46. The first-order valence-corrected chi connectivity index (χ1v) is 8.68. The van der Waals surface area contributed by atoms with Crippen LogP contribution < -0.4 is 0 Å². The van der Waals surface area contributed by atoms with Crippen molar-refractivity contribution in [3.63, 3.8) is 0 Å². The Bertz CT molecular complexity index is 631. The van der Waals surface area contributed by atoms with Crippen molar-refractivity contribution in [2.45, 2.75) is 32.9 Å². The molecule has 1 aromatic heterocycles. The van der Waals surface area contributed by atoms with Crippen LogP contribution in [-0.4, -0.2) is 63.9 Å². The Morgan fingerprint density at radius 3 is 2.42 bits per heavy atom. The van der Waals surface area contributed by atoms with Crippen molar-refractivity contribution in [1.82, 2.24) is 19.9 Å². The maximum atomic E-state index is 9.46. The van der Waals surface area contributed by atoms with Crippen molar-refractivity contribution in [1.29, 1.82) is 0 Å². The first kappa shape index (κ1) is 17.1. The molecule has 0 bridgehead atoms. The molecule has 0 saturated carbocycles. The van der Waals surface area contributed by atoms with Crippen LogP contribution in [0.4, 0.5) is 0 Å². The van der Waals surface area contributed by atoms with Crippen LogP contribution in [0.3, 0.4) is 0 Å². The molecule has 1 aliphatic heterocycles. The molecule has 1 fully saturated rings. The summed E-state index contributed by atoms with van der Waals surface area (Å²) in [7, 11) is 0. The molecule has 0 unspecified atom stereocenters. The van der Waals surface area contributed by atoms with Gasteiger partial charge in [0.1, 0.15) is 0 Å². The van der Waals surface area contributed by atoms with Crippen molar-refractivity contribution in [3.05, 3.63) is 35.7 Å². The number of benzene rings is 1. The Balaban J connectivity index is 1.54. The molecule has 24 heavy (non-hydrogen) atoms. The molecule has 1 saturated heterocycles. The Morgan fingerprint density at radius 2 is 1.79 bits per heavy atom. The second kappa shape index (κ2) is 7.88. The summed E-state index contributed by atoms with van der Waals surface area (Å²) in [6.45, 7) is 9.23. The van der Waals surface area contributed by atoms with E-state index in [1.165, 1.54) is 5.56 Å². The Morgan fingerprint density at radius 1 is 1.12 bits per heavy atom. The van der Waals surface area contributed by atoms with Crippen LogP contribution >= 0.6 is 0 Å². The molecule has 0 amide bonds. The van der Waals surface area contributed by atoms with Crippen molar-refractivity contribution in [2.24, 2.45) is 0 Å². The fourth-order valence-corrected chi connectivity index (χ4v) is 3.02. The quantitative estimate of drug-likeness (QED) is 0.871. The van der Waals surface area contributed by atoms with Crippen molar-refractivity contribution >= 4 is 0 Å². The summed E-state index contributed by atoms with van der Waals surface area (Å²) in [5.41, 5.74) is 2.29. The lowest BCUT2D eigenvalue weighted by Crippen LogP contribution is -2.47. The zero-order chi connectivity index (χ0) is 16.9. The lowest BCUT2D eigenvalue weighted by Gasteiger charge is -2.34. The van der Waals surface area contributed by atoms with Crippen LogP contribution in [0.5, 0.6) is 0 Å². The van der Waals surface area contributed by atoms with Gasteiger partial charge in [-0.05, 0) is 18.9 Å². The molecule has 130 valence electrons. The maximum Gasteiger partial charge on any atom is 0.241 e. The first-order chi connectivity index (χ1) is 11.6. The van der Waals surface area contributed by atoms with Gasteiger partial charge in [0.15, 0.2) is 0 Å². The van der Waals surface area contributed by atoms with E-state index in [1.54, 1.807) is 0 Å². The summed E-state index contributed by atoms with van der Waals surface area (Å²) < 4.78 is 5.41. The van der Waals surface area contributed by atoms with Crippen LogP contribution in [0.2, 0.25) is 0 Å². The molecule has 1 aromatic carbocycles. The van der Waals surface area contributed by atoms with Gasteiger partial charge in [-0.2, -0.15) is 4.98 Å². The lowest BCUT2D eigenvalue weighted by molar-refractivity contribution is 0.0737. The minimum absolute atomic E-state index is 0.269. The number of rotatable bonds is 6. The van der Waals surface area contributed by atoms with E-state index < -0.39 is 0 Å². The molecule has 0 spiro atoms. The highest BCUT2D eigenvalue weighted by molar-refractivity contribution is 5.54. The summed E-state index contributed by atoms with van der Waals surface area (Å²) in [5, 5.41) is 13.6. The van der Waals surface area contributed by atoms with Crippen LogP contribution in [0.15, 0.2) is 28.8 Å². The highest BCUT2D eigenvalue weighted by atomic mass is 16.5. The number of aryl methyl sites for hydroxylation is 1. The second-order valence-electron chi connectivity index (χ2n) is 6.49. The van der Waals surface area contributed by atoms with Gasteiger partial charge in [-0.25, -0.2) is 0 Å². The average molecular weight is 330 g/mol. The molecular formula is C18H26N4O2. The Labute approximate surface area is 143 Å². The van der Waals surface area contributed by atoms with E-state index in [0.717, 1.165) is 44.7 Å². The highest BCUT2D eigenvalue weighted by Gasteiger charge is 2.20. The molecular weight excluding hydrogens is 304 g/mol. The fourth-order valence-electron chi connectivity index (χ4n) is 3.02. The number of aliphatic hydroxyl groups is 1. The topological polar surface area (TPSA) is 65.6 Å². The van der Waals surface area contributed by atoms with Crippen LogP contribution in [0.1, 0.15) is 25.3 Å². The molecule has 3 rings (SSSR count). The number of piperazine rings is 1. The SMILES string of the molecule is CCc1ccc(-c2noc(CN3CCN(C[C@H](C)O)CC3)n2)cc1. The van der Waals surface area contributed by atoms with Gasteiger partial charge in [-0.1, -0.05) is 36.3 Å². The lowest BCUT2D eigenvalue weighted by atomic mass is 10.1. The van der Waals surface area contributed by atoms with Crippen molar-refractivity contribution in [2.75, 3.05) is 32.7 Å². The van der Waals surface area contributed by atoms with Gasteiger partial charge in [0, 0.05) is 38.3 Å². The number of hydrogen-bond donors (Lipinski definition) is 1. The van der Waals surface area contributed by atoms with Gasteiger partial charge < -0.3 is 9.63 Å². The molecule has 1 aliphatic rings. The fraction of sp³-hybridized carbons (Fsp3) is 0.556. The summed E-state index contributed by atoms with van der Waals surface area (Å²) >= 11 is 0. The number of aliphatic hydroxyl groups excluding tert-OH is 1. The largest absolute Gasteiger partial charge is 0.392 e. The molecule has 0 aliphatic carbocycles. The van der Waals surface area contributed by atoms with Crippen molar-refractivity contribution < 1.29 is 9.63 Å². The smallest absolute Gasteiger partial charge is 0.241 e. The van der Waals surface area contributed by atoms with E-state index in [2.05, 4.69) is 39.0 Å². The summed E-state index contributed by atoms with van der Waals surface area (Å²) in [6, 6.07) is 8.30. The number of β-amino-alcohol motifs (C(OH)–C–C–N with tert-alkyl or cyclic N) is 1. The average Bonchev–Trinajstić information content (AvgIpc) is 3.05. The molecule has 6 heteroatoms. The van der Waals surface area contributed by atoms with Gasteiger partial charge in [0.05, 0.1) is 12.6 Å². The van der Waals surface area contributed by atoms with E-state index in [1.807, 2.05) is 19.1 Å². The highest BCUT2D eigenvalue weighted by Crippen LogP contribution is 2.17.